The molecule has 0 spiro atoms. The Bertz CT molecular complexity index is 918. The van der Waals surface area contributed by atoms with Crippen molar-refractivity contribution in [2.24, 2.45) is 0 Å². The van der Waals surface area contributed by atoms with Crippen molar-refractivity contribution in [3.05, 3.63) is 68.8 Å². The largest absolute Gasteiger partial charge is 0.496 e. The number of benzene rings is 2. The first-order chi connectivity index (χ1) is 12.3. The lowest BCUT2D eigenvalue weighted by molar-refractivity contribution is 0.387. The topological polar surface area (TPSA) is 18.5 Å². The molecule has 0 aromatic heterocycles. The first-order valence-corrected chi connectivity index (χ1v) is 8.12. The van der Waals surface area contributed by atoms with Crippen molar-refractivity contribution in [2.45, 2.75) is 25.7 Å². The molecule has 2 aliphatic rings. The molecule has 0 unspecified atom stereocenters. The number of halogens is 4. The summed E-state index contributed by atoms with van der Waals surface area (Å²) in [6.45, 7) is 3.63. The summed E-state index contributed by atoms with van der Waals surface area (Å²) in [5.41, 5.74) is 2.47. The molecule has 2 aliphatic carbocycles. The number of fused-ring (bicyclic) bond motifs is 8. The van der Waals surface area contributed by atoms with Gasteiger partial charge in [0.25, 0.3) is 0 Å². The number of allylic oxidation sites excluding steroid dienone is 2. The summed E-state index contributed by atoms with van der Waals surface area (Å²) in [6, 6.07) is 3.35. The standard InChI is InChI=1S/C20H16F4O2/c1-7(2)10-13-11-8(25-3)5-6-9(26-4)12(11)14(10)16-15(13)17(21)19(23)20(24)18(16)22/h5-6,13-14H,1-4H3/t13-,14+. The Morgan fingerprint density at radius 3 is 1.38 bits per heavy atom. The molecule has 0 N–H and O–H groups in total. The van der Waals surface area contributed by atoms with Crippen LogP contribution in [0.3, 0.4) is 0 Å². The molecule has 26 heavy (non-hydrogen) atoms. The third-order valence-corrected chi connectivity index (χ3v) is 5.34. The molecule has 2 bridgehead atoms. The first kappa shape index (κ1) is 16.9. The minimum absolute atomic E-state index is 0.151. The third kappa shape index (κ3) is 1.82. The summed E-state index contributed by atoms with van der Waals surface area (Å²) in [4.78, 5) is 0. The van der Waals surface area contributed by atoms with Crippen LogP contribution in [0.5, 0.6) is 11.5 Å². The van der Waals surface area contributed by atoms with Crippen LogP contribution in [0.1, 0.15) is 47.9 Å². The summed E-state index contributed by atoms with van der Waals surface area (Å²) in [5, 5.41) is 0. The number of rotatable bonds is 2. The maximum Gasteiger partial charge on any atom is 0.197 e. The van der Waals surface area contributed by atoms with Gasteiger partial charge in [0.2, 0.25) is 0 Å². The average molecular weight is 364 g/mol. The summed E-state index contributed by atoms with van der Waals surface area (Å²) < 4.78 is 68.1. The van der Waals surface area contributed by atoms with Gasteiger partial charge in [0.05, 0.1) is 14.2 Å². The van der Waals surface area contributed by atoms with E-state index in [-0.39, 0.29) is 11.1 Å². The Morgan fingerprint density at radius 1 is 0.692 bits per heavy atom. The molecule has 6 heteroatoms. The zero-order valence-electron chi connectivity index (χ0n) is 14.6. The Kier molecular flexibility index (Phi) is 3.58. The smallest absolute Gasteiger partial charge is 0.197 e. The van der Waals surface area contributed by atoms with Crippen LogP contribution < -0.4 is 9.47 Å². The molecule has 2 aromatic carbocycles. The van der Waals surface area contributed by atoms with Gasteiger partial charge < -0.3 is 9.47 Å². The van der Waals surface area contributed by atoms with E-state index in [1.54, 1.807) is 12.1 Å². The quantitative estimate of drug-likeness (QED) is 0.316. The van der Waals surface area contributed by atoms with E-state index >= 15 is 0 Å². The van der Waals surface area contributed by atoms with Crippen molar-refractivity contribution in [3.63, 3.8) is 0 Å². The van der Waals surface area contributed by atoms with Crippen molar-refractivity contribution < 1.29 is 27.0 Å². The maximum atomic E-state index is 14.7. The van der Waals surface area contributed by atoms with Crippen LogP contribution in [0, 0.1) is 23.3 Å². The molecule has 0 amide bonds. The Morgan fingerprint density at radius 2 is 1.08 bits per heavy atom. The van der Waals surface area contributed by atoms with Gasteiger partial charge in [0, 0.05) is 34.1 Å². The van der Waals surface area contributed by atoms with Gasteiger partial charge in [-0.1, -0.05) is 5.57 Å². The number of hydrogen-bond acceptors (Lipinski definition) is 2. The fourth-order valence-electron chi connectivity index (χ4n) is 4.43. The molecule has 0 aliphatic heterocycles. The molecular formula is C20H16F4O2. The monoisotopic (exact) mass is 364 g/mol. The highest BCUT2D eigenvalue weighted by Crippen LogP contribution is 2.66. The highest BCUT2D eigenvalue weighted by molar-refractivity contribution is 5.75. The summed E-state index contributed by atoms with van der Waals surface area (Å²) in [6.07, 6.45) is 0. The molecule has 0 heterocycles. The van der Waals surface area contributed by atoms with E-state index in [0.29, 0.717) is 28.2 Å². The number of methoxy groups -OCH3 is 2. The van der Waals surface area contributed by atoms with Crippen LogP contribution in [0.4, 0.5) is 17.6 Å². The van der Waals surface area contributed by atoms with E-state index in [1.165, 1.54) is 14.2 Å². The van der Waals surface area contributed by atoms with Gasteiger partial charge in [-0.05, 0) is 31.6 Å². The molecule has 4 rings (SSSR count). The molecule has 2 aromatic rings. The van der Waals surface area contributed by atoms with Crippen LogP contribution in [-0.2, 0) is 0 Å². The van der Waals surface area contributed by atoms with Crippen molar-refractivity contribution in [2.75, 3.05) is 14.2 Å². The van der Waals surface area contributed by atoms with E-state index in [4.69, 9.17) is 9.47 Å². The average Bonchev–Trinajstić information content (AvgIpc) is 3.16. The van der Waals surface area contributed by atoms with Crippen LogP contribution in [0.25, 0.3) is 0 Å². The zero-order valence-corrected chi connectivity index (χ0v) is 14.6. The minimum atomic E-state index is -1.79. The second kappa shape index (κ2) is 5.50. The van der Waals surface area contributed by atoms with E-state index in [1.807, 2.05) is 13.8 Å². The number of hydrogen-bond donors (Lipinski definition) is 0. The van der Waals surface area contributed by atoms with Gasteiger partial charge in [0.1, 0.15) is 11.5 Å². The van der Waals surface area contributed by atoms with E-state index in [2.05, 4.69) is 0 Å². The summed E-state index contributed by atoms with van der Waals surface area (Å²) in [5.74, 6) is -6.78. The van der Waals surface area contributed by atoms with Crippen molar-refractivity contribution >= 4 is 0 Å². The Hall–Kier alpha value is -2.50. The van der Waals surface area contributed by atoms with E-state index in [0.717, 1.165) is 5.57 Å². The van der Waals surface area contributed by atoms with Crippen molar-refractivity contribution in [1.29, 1.82) is 0 Å². The zero-order chi connectivity index (χ0) is 18.9. The third-order valence-electron chi connectivity index (χ3n) is 5.34. The van der Waals surface area contributed by atoms with Crippen molar-refractivity contribution in [1.82, 2.24) is 0 Å². The number of ether oxygens (including phenoxy) is 2. The van der Waals surface area contributed by atoms with Crippen LogP contribution in [0.2, 0.25) is 0 Å². The molecule has 136 valence electrons. The van der Waals surface area contributed by atoms with Gasteiger partial charge in [-0.2, -0.15) is 0 Å². The molecule has 0 saturated carbocycles. The van der Waals surface area contributed by atoms with E-state index in [9.17, 15) is 17.6 Å². The summed E-state index contributed by atoms with van der Waals surface area (Å²) in [7, 11) is 2.94. The summed E-state index contributed by atoms with van der Waals surface area (Å²) >= 11 is 0. The second-order valence-electron chi connectivity index (χ2n) is 6.70. The van der Waals surface area contributed by atoms with Crippen LogP contribution >= 0.6 is 0 Å². The maximum absolute atomic E-state index is 14.7. The normalized spacial score (nSPS) is 19.5. The fraction of sp³-hybridized carbons (Fsp3) is 0.300. The predicted octanol–water partition coefficient (Wildman–Crippen LogP) is 5.19. The molecule has 0 radical (unpaired) electrons. The van der Waals surface area contributed by atoms with Gasteiger partial charge in [0.15, 0.2) is 23.3 Å². The van der Waals surface area contributed by atoms with Crippen LogP contribution in [-0.4, -0.2) is 14.2 Å². The second-order valence-corrected chi connectivity index (χ2v) is 6.70. The SMILES string of the molecule is COc1ccc(OC)c2c1[C@H]1C(=C(C)C)[C@@H]2c2c(F)c(F)c(F)c(F)c21. The molecule has 0 saturated heterocycles. The van der Waals surface area contributed by atoms with Crippen LogP contribution in [0.15, 0.2) is 23.3 Å². The van der Waals surface area contributed by atoms with E-state index < -0.39 is 35.1 Å². The Balaban J connectivity index is 2.18. The Labute approximate surface area is 148 Å². The fourth-order valence-corrected chi connectivity index (χ4v) is 4.43. The van der Waals surface area contributed by atoms with Gasteiger partial charge in [-0.25, -0.2) is 17.6 Å². The minimum Gasteiger partial charge on any atom is -0.496 e. The van der Waals surface area contributed by atoms with Gasteiger partial charge >= 0.3 is 0 Å². The lowest BCUT2D eigenvalue weighted by Gasteiger charge is -2.23. The highest BCUT2D eigenvalue weighted by Gasteiger charge is 2.53. The lowest BCUT2D eigenvalue weighted by Crippen LogP contribution is -2.14. The highest BCUT2D eigenvalue weighted by atomic mass is 19.2. The molecular weight excluding hydrogens is 348 g/mol. The van der Waals surface area contributed by atoms with Gasteiger partial charge in [-0.15, -0.1) is 0 Å². The molecule has 2 nitrogen and oxygen atoms in total. The predicted molar refractivity (Wildman–Crippen MR) is 87.9 cm³/mol. The molecule has 2 atom stereocenters. The van der Waals surface area contributed by atoms with Gasteiger partial charge in [-0.3, -0.25) is 0 Å². The first-order valence-electron chi connectivity index (χ1n) is 8.12. The lowest BCUT2D eigenvalue weighted by atomic mass is 9.84. The molecule has 0 fully saturated rings. The van der Waals surface area contributed by atoms with Crippen molar-refractivity contribution in [3.8, 4) is 11.5 Å².